The van der Waals surface area contributed by atoms with Gasteiger partial charge >= 0.3 is 0 Å². The minimum atomic E-state index is -0.116. The highest BCUT2D eigenvalue weighted by molar-refractivity contribution is 9.10. The summed E-state index contributed by atoms with van der Waals surface area (Å²) in [6.07, 6.45) is 2.40. The summed E-state index contributed by atoms with van der Waals surface area (Å²) < 4.78 is 0.768. The summed E-state index contributed by atoms with van der Waals surface area (Å²) >= 11 is 3.26. The molecule has 1 amide bonds. The van der Waals surface area contributed by atoms with Crippen molar-refractivity contribution in [2.75, 3.05) is 7.05 Å². The number of phenolic OH excluding ortho intramolecular Hbond substituents is 1. The number of phenols is 1. The van der Waals surface area contributed by atoms with Gasteiger partial charge in [-0.2, -0.15) is 0 Å². The van der Waals surface area contributed by atoms with Crippen molar-refractivity contribution in [3.8, 4) is 5.75 Å². The number of amides is 1. The van der Waals surface area contributed by atoms with Crippen molar-refractivity contribution in [1.29, 1.82) is 0 Å². The zero-order chi connectivity index (χ0) is 12.6. The average Bonchev–Trinajstić information content (AvgIpc) is 3.10. The molecule has 1 N–H and O–H groups in total. The Labute approximate surface area is 110 Å². The van der Waals surface area contributed by atoms with E-state index in [1.54, 1.807) is 30.1 Å². The fraction of sp³-hybridized carbons (Fsp3) is 0.462. The van der Waals surface area contributed by atoms with Gasteiger partial charge in [0, 0.05) is 17.6 Å². The minimum Gasteiger partial charge on any atom is -0.507 e. The second-order valence-electron chi connectivity index (χ2n) is 4.66. The molecule has 3 nitrogen and oxygen atoms in total. The number of hydrogen-bond acceptors (Lipinski definition) is 2. The number of benzene rings is 1. The maximum atomic E-state index is 12.2. The van der Waals surface area contributed by atoms with Crippen molar-refractivity contribution in [3.63, 3.8) is 0 Å². The first-order valence-electron chi connectivity index (χ1n) is 5.76. The SMILES string of the molecule is CC(C1CC1)N(C)C(=O)c1ccc(Br)cc1O. The fourth-order valence-electron chi connectivity index (χ4n) is 1.96. The van der Waals surface area contributed by atoms with E-state index in [1.165, 1.54) is 12.8 Å². The minimum absolute atomic E-state index is 0.0271. The Balaban J connectivity index is 2.18. The van der Waals surface area contributed by atoms with Crippen molar-refractivity contribution in [1.82, 2.24) is 4.90 Å². The van der Waals surface area contributed by atoms with Crippen LogP contribution < -0.4 is 0 Å². The summed E-state index contributed by atoms with van der Waals surface area (Å²) in [4.78, 5) is 13.9. The number of aromatic hydroxyl groups is 1. The topological polar surface area (TPSA) is 40.5 Å². The van der Waals surface area contributed by atoms with Gasteiger partial charge in [0.15, 0.2) is 0 Å². The van der Waals surface area contributed by atoms with E-state index in [2.05, 4.69) is 22.9 Å². The first kappa shape index (κ1) is 12.4. The molecular weight excluding hydrogens is 282 g/mol. The van der Waals surface area contributed by atoms with E-state index in [0.29, 0.717) is 11.5 Å². The standard InChI is InChI=1S/C13H16BrNO2/c1-8(9-3-4-9)15(2)13(17)11-6-5-10(14)7-12(11)16/h5-9,16H,3-4H2,1-2H3. The summed E-state index contributed by atoms with van der Waals surface area (Å²) in [5.74, 6) is 0.537. The summed E-state index contributed by atoms with van der Waals surface area (Å²) in [5.41, 5.74) is 0.364. The van der Waals surface area contributed by atoms with Crippen LogP contribution in [0.4, 0.5) is 0 Å². The van der Waals surface area contributed by atoms with Crippen LogP contribution in [0.15, 0.2) is 22.7 Å². The molecule has 0 bridgehead atoms. The molecule has 4 heteroatoms. The van der Waals surface area contributed by atoms with Crippen LogP contribution in [0.3, 0.4) is 0 Å². The van der Waals surface area contributed by atoms with Crippen molar-refractivity contribution >= 4 is 21.8 Å². The van der Waals surface area contributed by atoms with E-state index in [4.69, 9.17) is 0 Å². The number of carbonyl (C=O) groups is 1. The molecule has 0 aliphatic heterocycles. The molecule has 1 saturated carbocycles. The Kier molecular flexibility index (Phi) is 3.43. The van der Waals surface area contributed by atoms with Gasteiger partial charge in [-0.15, -0.1) is 0 Å². The number of carbonyl (C=O) groups excluding carboxylic acids is 1. The molecule has 2 rings (SSSR count). The quantitative estimate of drug-likeness (QED) is 0.932. The molecule has 0 heterocycles. The smallest absolute Gasteiger partial charge is 0.257 e. The molecule has 1 unspecified atom stereocenters. The van der Waals surface area contributed by atoms with Crippen molar-refractivity contribution in [2.24, 2.45) is 5.92 Å². The lowest BCUT2D eigenvalue weighted by molar-refractivity contribution is 0.0724. The predicted octanol–water partition coefficient (Wildman–Crippen LogP) is 3.03. The van der Waals surface area contributed by atoms with Crippen LogP contribution in [0.5, 0.6) is 5.75 Å². The molecule has 17 heavy (non-hydrogen) atoms. The van der Waals surface area contributed by atoms with Gasteiger partial charge in [0.2, 0.25) is 0 Å². The lowest BCUT2D eigenvalue weighted by Crippen LogP contribution is -2.36. The Morgan fingerprint density at radius 1 is 1.53 bits per heavy atom. The number of halogens is 1. The van der Waals surface area contributed by atoms with Crippen LogP contribution in [0.25, 0.3) is 0 Å². The molecule has 1 aliphatic rings. The normalized spacial score (nSPS) is 16.6. The Hall–Kier alpha value is -1.03. The molecule has 0 saturated heterocycles. The predicted molar refractivity (Wildman–Crippen MR) is 70.1 cm³/mol. The first-order valence-corrected chi connectivity index (χ1v) is 6.55. The maximum Gasteiger partial charge on any atom is 0.257 e. The molecule has 1 aliphatic carbocycles. The second-order valence-corrected chi connectivity index (χ2v) is 5.57. The van der Waals surface area contributed by atoms with E-state index in [1.807, 2.05) is 0 Å². The lowest BCUT2D eigenvalue weighted by atomic mass is 10.1. The van der Waals surface area contributed by atoms with E-state index >= 15 is 0 Å². The van der Waals surface area contributed by atoms with Crippen molar-refractivity contribution < 1.29 is 9.90 Å². The molecule has 0 radical (unpaired) electrons. The van der Waals surface area contributed by atoms with Crippen LogP contribution >= 0.6 is 15.9 Å². The summed E-state index contributed by atoms with van der Waals surface area (Å²) in [6, 6.07) is 5.20. The van der Waals surface area contributed by atoms with Crippen LogP contribution in [-0.4, -0.2) is 29.0 Å². The van der Waals surface area contributed by atoms with Gasteiger partial charge in [-0.1, -0.05) is 15.9 Å². The van der Waals surface area contributed by atoms with Gasteiger partial charge in [0.1, 0.15) is 5.75 Å². The van der Waals surface area contributed by atoms with Crippen LogP contribution in [0, 0.1) is 5.92 Å². The highest BCUT2D eigenvalue weighted by Gasteiger charge is 2.33. The Morgan fingerprint density at radius 2 is 2.18 bits per heavy atom. The highest BCUT2D eigenvalue weighted by atomic mass is 79.9. The average molecular weight is 298 g/mol. The molecule has 1 atom stereocenters. The largest absolute Gasteiger partial charge is 0.507 e. The van der Waals surface area contributed by atoms with Crippen molar-refractivity contribution in [2.45, 2.75) is 25.8 Å². The van der Waals surface area contributed by atoms with E-state index in [9.17, 15) is 9.90 Å². The van der Waals surface area contributed by atoms with Gasteiger partial charge in [0.05, 0.1) is 5.56 Å². The van der Waals surface area contributed by atoms with Gasteiger partial charge in [-0.3, -0.25) is 4.79 Å². The molecule has 0 aromatic heterocycles. The second kappa shape index (κ2) is 4.69. The van der Waals surface area contributed by atoms with Crippen LogP contribution in [0.2, 0.25) is 0 Å². The zero-order valence-electron chi connectivity index (χ0n) is 9.98. The van der Waals surface area contributed by atoms with Gasteiger partial charge in [0.25, 0.3) is 5.91 Å². The highest BCUT2D eigenvalue weighted by Crippen LogP contribution is 2.35. The lowest BCUT2D eigenvalue weighted by Gasteiger charge is -2.25. The maximum absolute atomic E-state index is 12.2. The molecule has 1 aromatic carbocycles. The van der Waals surface area contributed by atoms with Crippen molar-refractivity contribution in [3.05, 3.63) is 28.2 Å². The number of hydrogen-bond donors (Lipinski definition) is 1. The fourth-order valence-corrected chi connectivity index (χ4v) is 2.30. The van der Waals surface area contributed by atoms with E-state index in [0.717, 1.165) is 4.47 Å². The van der Waals surface area contributed by atoms with Gasteiger partial charge in [-0.05, 0) is 43.9 Å². The summed E-state index contributed by atoms with van der Waals surface area (Å²) in [7, 11) is 1.80. The first-order chi connectivity index (χ1) is 8.00. The monoisotopic (exact) mass is 297 g/mol. The zero-order valence-corrected chi connectivity index (χ0v) is 11.6. The van der Waals surface area contributed by atoms with Crippen LogP contribution in [0.1, 0.15) is 30.1 Å². The van der Waals surface area contributed by atoms with E-state index < -0.39 is 0 Å². The Bertz CT molecular complexity index is 443. The third-order valence-electron chi connectivity index (χ3n) is 3.43. The summed E-state index contributed by atoms with van der Waals surface area (Å²) in [6.45, 7) is 2.06. The third kappa shape index (κ3) is 2.63. The number of nitrogens with zero attached hydrogens (tertiary/aromatic N) is 1. The van der Waals surface area contributed by atoms with Crippen LogP contribution in [-0.2, 0) is 0 Å². The number of rotatable bonds is 3. The molecular formula is C13H16BrNO2. The summed E-state index contributed by atoms with van der Waals surface area (Å²) in [5, 5.41) is 9.77. The molecule has 92 valence electrons. The Morgan fingerprint density at radius 3 is 2.71 bits per heavy atom. The third-order valence-corrected chi connectivity index (χ3v) is 3.92. The molecule has 0 spiro atoms. The van der Waals surface area contributed by atoms with Gasteiger partial charge in [-0.25, -0.2) is 0 Å². The molecule has 1 aromatic rings. The van der Waals surface area contributed by atoms with Gasteiger partial charge < -0.3 is 10.0 Å². The molecule has 1 fully saturated rings. The van der Waals surface area contributed by atoms with E-state index in [-0.39, 0.29) is 17.7 Å².